The lowest BCUT2D eigenvalue weighted by molar-refractivity contribution is 0.0996. The lowest BCUT2D eigenvalue weighted by Crippen LogP contribution is -2.48. The number of pyridine rings is 1. The monoisotopic (exact) mass is 696 g/mol. The van der Waals surface area contributed by atoms with Crippen molar-refractivity contribution in [3.63, 3.8) is 0 Å². The zero-order chi connectivity index (χ0) is 35.3. The zero-order valence-corrected chi connectivity index (χ0v) is 27.6. The molecule has 0 unspecified atom stereocenters. The van der Waals surface area contributed by atoms with Gasteiger partial charge in [-0.2, -0.15) is 0 Å². The highest BCUT2D eigenvalue weighted by Crippen LogP contribution is 2.27. The van der Waals surface area contributed by atoms with Crippen LogP contribution in [0.3, 0.4) is 0 Å². The quantitative estimate of drug-likeness (QED) is 0.181. The summed E-state index contributed by atoms with van der Waals surface area (Å²) in [6.07, 6.45) is 2.12. The van der Waals surface area contributed by atoms with Gasteiger partial charge in [0.15, 0.2) is 0 Å². The predicted molar refractivity (Wildman–Crippen MR) is 178 cm³/mol. The van der Waals surface area contributed by atoms with Crippen LogP contribution in [0.15, 0.2) is 72.8 Å². The van der Waals surface area contributed by atoms with Crippen molar-refractivity contribution in [2.45, 2.75) is 38.9 Å². The minimum Gasteiger partial charge on any atom is -0.439 e. The van der Waals surface area contributed by atoms with Gasteiger partial charge in [0, 0.05) is 54.8 Å². The van der Waals surface area contributed by atoms with Crippen LogP contribution in [0.25, 0.3) is 0 Å². The third-order valence-electron chi connectivity index (χ3n) is 8.06. The Bertz CT molecular complexity index is 1950. The van der Waals surface area contributed by atoms with Crippen molar-refractivity contribution in [1.29, 1.82) is 0 Å². The average molecular weight is 697 g/mol. The maximum Gasteiger partial charge on any atom is 0.322 e. The summed E-state index contributed by atoms with van der Waals surface area (Å²) in [4.78, 5) is 33.4. The van der Waals surface area contributed by atoms with Crippen molar-refractivity contribution < 1.29 is 35.9 Å². The highest BCUT2D eigenvalue weighted by Gasteiger charge is 2.30. The van der Waals surface area contributed by atoms with Crippen LogP contribution in [-0.4, -0.2) is 60.5 Å². The summed E-state index contributed by atoms with van der Waals surface area (Å²) in [6, 6.07) is 16.4. The van der Waals surface area contributed by atoms with Crippen molar-refractivity contribution >= 4 is 33.3 Å². The summed E-state index contributed by atoms with van der Waals surface area (Å²) in [7, 11) is -3.39. The largest absolute Gasteiger partial charge is 0.439 e. The Morgan fingerprint density at radius 1 is 0.959 bits per heavy atom. The van der Waals surface area contributed by atoms with E-state index in [0.29, 0.717) is 55.9 Å². The van der Waals surface area contributed by atoms with Crippen molar-refractivity contribution in [3.05, 3.63) is 113 Å². The Labute approximate surface area is 281 Å². The van der Waals surface area contributed by atoms with Crippen molar-refractivity contribution in [2.24, 2.45) is 5.73 Å². The van der Waals surface area contributed by atoms with E-state index in [1.807, 2.05) is 13.0 Å². The van der Waals surface area contributed by atoms with E-state index in [1.54, 1.807) is 42.5 Å². The number of halogens is 3. The molecule has 15 heteroatoms. The number of carbonyl (C=O) groups excluding carboxylic acids is 2. The third-order valence-corrected chi connectivity index (χ3v) is 8.67. The number of benzene rings is 3. The van der Waals surface area contributed by atoms with Crippen LogP contribution >= 0.6 is 0 Å². The molecular formula is C34H35F3N6O5S. The first-order chi connectivity index (χ1) is 23.3. The molecule has 49 heavy (non-hydrogen) atoms. The molecule has 4 N–H and O–H groups in total. The van der Waals surface area contributed by atoms with Gasteiger partial charge in [0.25, 0.3) is 5.91 Å². The molecule has 3 amide bonds. The fraction of sp³-hybridized carbons (Fsp3) is 0.265. The van der Waals surface area contributed by atoms with Crippen LogP contribution in [0.1, 0.15) is 40.0 Å². The smallest absolute Gasteiger partial charge is 0.322 e. The Balaban J connectivity index is 1.24. The number of nitrogens with two attached hydrogens (primary N) is 1. The molecule has 0 saturated carbocycles. The summed E-state index contributed by atoms with van der Waals surface area (Å²) in [6.45, 7) is 3.53. The van der Waals surface area contributed by atoms with Gasteiger partial charge in [0.1, 0.15) is 23.2 Å². The molecule has 4 aromatic rings. The number of rotatable bonds is 11. The van der Waals surface area contributed by atoms with E-state index in [9.17, 15) is 31.2 Å². The fourth-order valence-corrected chi connectivity index (χ4v) is 6.11. The standard InChI is InChI=1S/C34H35F3N6O5S/c1-21-22(7-12-32(39-21)48-26-10-8-24(9-11-26)41-49(2,46)47)19-42-15-13-25(14-16-42)43(20-23-5-3-4-6-28(23)35)34(45)40-31-17-27(33(38)44)29(36)18-30(31)37/h3-12,17-18,25,41H,13-16,19-20H2,1-2H3,(H2,38,44)(H,40,45). The highest BCUT2D eigenvalue weighted by atomic mass is 32.2. The number of hydrogen-bond acceptors (Lipinski definition) is 7. The Kier molecular flexibility index (Phi) is 10.7. The van der Waals surface area contributed by atoms with Gasteiger partial charge in [0.2, 0.25) is 15.9 Å². The summed E-state index contributed by atoms with van der Waals surface area (Å²) in [5, 5.41) is 2.42. The minimum atomic E-state index is -3.39. The third kappa shape index (κ3) is 9.27. The zero-order valence-electron chi connectivity index (χ0n) is 26.8. The maximum absolute atomic E-state index is 14.7. The molecule has 1 aromatic heterocycles. The number of hydrogen-bond donors (Lipinski definition) is 3. The van der Waals surface area contributed by atoms with Crippen molar-refractivity contribution in [1.82, 2.24) is 14.8 Å². The van der Waals surface area contributed by atoms with Crippen molar-refractivity contribution in [3.8, 4) is 11.6 Å². The molecule has 0 spiro atoms. The second kappa shape index (κ2) is 15.0. The fourth-order valence-electron chi connectivity index (χ4n) is 5.54. The molecule has 11 nitrogen and oxygen atoms in total. The molecular weight excluding hydrogens is 661 g/mol. The molecule has 5 rings (SSSR count). The van der Waals surface area contributed by atoms with Gasteiger partial charge in [-0.3, -0.25) is 14.4 Å². The molecule has 0 bridgehead atoms. The number of anilines is 2. The second-order valence-electron chi connectivity index (χ2n) is 11.7. The van der Waals surface area contributed by atoms with Crippen molar-refractivity contribution in [2.75, 3.05) is 29.4 Å². The van der Waals surface area contributed by atoms with Crippen LogP contribution in [0.2, 0.25) is 0 Å². The minimum absolute atomic E-state index is 0.101. The number of aryl methyl sites for hydroxylation is 1. The molecule has 1 fully saturated rings. The number of sulfonamides is 1. The number of urea groups is 1. The van der Waals surface area contributed by atoms with Gasteiger partial charge in [-0.15, -0.1) is 0 Å². The Hall–Kier alpha value is -5.15. The first-order valence-electron chi connectivity index (χ1n) is 15.3. The normalized spacial score (nSPS) is 13.9. The number of ether oxygens (including phenoxy) is 1. The molecule has 1 saturated heterocycles. The molecule has 2 heterocycles. The molecule has 0 atom stereocenters. The number of aromatic nitrogens is 1. The molecule has 1 aliphatic heterocycles. The lowest BCUT2D eigenvalue weighted by atomic mass is 10.0. The van der Waals surface area contributed by atoms with Crippen LogP contribution in [0.4, 0.5) is 29.3 Å². The molecule has 258 valence electrons. The second-order valence-corrected chi connectivity index (χ2v) is 13.5. The summed E-state index contributed by atoms with van der Waals surface area (Å²) >= 11 is 0. The van der Waals surface area contributed by atoms with E-state index >= 15 is 0 Å². The van der Waals surface area contributed by atoms with Gasteiger partial charge in [-0.1, -0.05) is 24.3 Å². The summed E-state index contributed by atoms with van der Waals surface area (Å²) in [5.74, 6) is -3.00. The van der Waals surface area contributed by atoms with E-state index in [2.05, 4.69) is 19.9 Å². The van der Waals surface area contributed by atoms with E-state index in [1.165, 1.54) is 17.0 Å². The van der Waals surface area contributed by atoms with Crippen LogP contribution in [-0.2, 0) is 23.1 Å². The molecule has 0 radical (unpaired) electrons. The van der Waals surface area contributed by atoms with Gasteiger partial charge in [-0.05, 0) is 61.7 Å². The van der Waals surface area contributed by atoms with E-state index < -0.39 is 50.7 Å². The number of piperidine rings is 1. The van der Waals surface area contributed by atoms with Crippen LogP contribution < -0.4 is 20.5 Å². The first kappa shape index (κ1) is 35.2. The molecule has 3 aromatic carbocycles. The first-order valence-corrected chi connectivity index (χ1v) is 17.2. The average Bonchev–Trinajstić information content (AvgIpc) is 3.04. The highest BCUT2D eigenvalue weighted by molar-refractivity contribution is 7.92. The Morgan fingerprint density at radius 2 is 1.65 bits per heavy atom. The number of carbonyl (C=O) groups is 2. The van der Waals surface area contributed by atoms with Gasteiger partial charge in [-0.25, -0.2) is 31.4 Å². The lowest BCUT2D eigenvalue weighted by Gasteiger charge is -2.38. The SMILES string of the molecule is Cc1nc(Oc2ccc(NS(C)(=O)=O)cc2)ccc1CN1CCC(N(Cc2ccccc2F)C(=O)Nc2cc(C(N)=O)c(F)cc2F)CC1. The van der Waals surface area contributed by atoms with Crippen LogP contribution in [0.5, 0.6) is 11.6 Å². The number of primary amides is 1. The number of nitrogens with one attached hydrogen (secondary N) is 2. The van der Waals surface area contributed by atoms with Gasteiger partial charge < -0.3 is 20.7 Å². The van der Waals surface area contributed by atoms with E-state index in [-0.39, 0.29) is 18.2 Å². The number of amides is 3. The maximum atomic E-state index is 14.7. The summed E-state index contributed by atoms with van der Waals surface area (Å²) in [5.41, 5.74) is 6.60. The van der Waals surface area contributed by atoms with Gasteiger partial charge in [0.05, 0.1) is 24.1 Å². The molecule has 0 aliphatic carbocycles. The number of likely N-dealkylation sites (tertiary alicyclic amines) is 1. The topological polar surface area (TPSA) is 147 Å². The number of nitrogens with zero attached hydrogens (tertiary/aromatic N) is 3. The van der Waals surface area contributed by atoms with Gasteiger partial charge >= 0.3 is 6.03 Å². The molecule has 1 aliphatic rings. The van der Waals surface area contributed by atoms with E-state index in [0.717, 1.165) is 23.6 Å². The summed E-state index contributed by atoms with van der Waals surface area (Å²) < 4.78 is 74.4. The Morgan fingerprint density at radius 3 is 2.29 bits per heavy atom. The van der Waals surface area contributed by atoms with E-state index in [4.69, 9.17) is 10.5 Å². The van der Waals surface area contributed by atoms with Crippen LogP contribution in [0, 0.1) is 24.4 Å². The predicted octanol–water partition coefficient (Wildman–Crippen LogP) is 5.77.